The molecule has 0 N–H and O–H groups in total. The fraction of sp³-hybridized carbons (Fsp3) is 0.500. The quantitative estimate of drug-likeness (QED) is 0.538. The third-order valence-electron chi connectivity index (χ3n) is 7.07. The second kappa shape index (κ2) is 8.18. The molecule has 0 radical (unpaired) electrons. The van der Waals surface area contributed by atoms with Crippen molar-refractivity contribution in [1.29, 1.82) is 0 Å². The standard InChI is InChI=1S/C24H30B2Cl2O5/c1-21(2)22(3,4)31-25(30-21)15-9-17(27)13-19(11-15)29-20-12-16(10-18(28)14-20)26-32-23(5,6)24(7,8)33-26/h9-14H,1-8H3. The first-order valence-electron chi connectivity index (χ1n) is 11.1. The van der Waals surface area contributed by atoms with Crippen molar-refractivity contribution in [2.75, 3.05) is 0 Å². The summed E-state index contributed by atoms with van der Waals surface area (Å²) in [6.07, 6.45) is 0. The van der Waals surface area contributed by atoms with Crippen molar-refractivity contribution >= 4 is 48.4 Å². The molecule has 2 aromatic carbocycles. The van der Waals surface area contributed by atoms with E-state index in [4.69, 9.17) is 46.6 Å². The van der Waals surface area contributed by atoms with Gasteiger partial charge >= 0.3 is 14.2 Å². The van der Waals surface area contributed by atoms with Gasteiger partial charge < -0.3 is 23.4 Å². The lowest BCUT2D eigenvalue weighted by Crippen LogP contribution is -2.41. The van der Waals surface area contributed by atoms with Crippen LogP contribution in [0.25, 0.3) is 0 Å². The topological polar surface area (TPSA) is 46.2 Å². The van der Waals surface area contributed by atoms with Crippen molar-refractivity contribution in [1.82, 2.24) is 0 Å². The normalized spacial score (nSPS) is 22.6. The molecule has 0 unspecified atom stereocenters. The lowest BCUT2D eigenvalue weighted by molar-refractivity contribution is 0.00578. The summed E-state index contributed by atoms with van der Waals surface area (Å²) < 4.78 is 30.8. The summed E-state index contributed by atoms with van der Waals surface area (Å²) >= 11 is 12.8. The van der Waals surface area contributed by atoms with E-state index >= 15 is 0 Å². The number of benzene rings is 2. The van der Waals surface area contributed by atoms with Crippen LogP contribution in [0.3, 0.4) is 0 Å². The van der Waals surface area contributed by atoms with Crippen LogP contribution in [0.1, 0.15) is 55.4 Å². The molecule has 9 heteroatoms. The highest BCUT2D eigenvalue weighted by Crippen LogP contribution is 2.38. The van der Waals surface area contributed by atoms with E-state index in [-0.39, 0.29) is 0 Å². The van der Waals surface area contributed by atoms with E-state index in [2.05, 4.69) is 0 Å². The lowest BCUT2D eigenvalue weighted by atomic mass is 9.79. The van der Waals surface area contributed by atoms with E-state index in [1.807, 2.05) is 79.7 Å². The van der Waals surface area contributed by atoms with Crippen LogP contribution in [0.4, 0.5) is 0 Å². The molecule has 2 aliphatic heterocycles. The van der Waals surface area contributed by atoms with Crippen LogP contribution in [0.5, 0.6) is 11.5 Å². The molecule has 33 heavy (non-hydrogen) atoms. The third-order valence-corrected chi connectivity index (χ3v) is 7.51. The predicted octanol–water partition coefficient (Wildman–Crippen LogP) is 5.38. The Labute approximate surface area is 207 Å². The van der Waals surface area contributed by atoms with Crippen molar-refractivity contribution < 1.29 is 23.4 Å². The van der Waals surface area contributed by atoms with Gasteiger partial charge in [0.25, 0.3) is 0 Å². The second-order valence-electron chi connectivity index (χ2n) is 10.7. The smallest absolute Gasteiger partial charge is 0.457 e. The fourth-order valence-corrected chi connectivity index (χ4v) is 4.12. The molecule has 2 aliphatic rings. The Hall–Kier alpha value is -1.21. The van der Waals surface area contributed by atoms with Crippen LogP contribution in [0, 0.1) is 0 Å². The molecule has 0 spiro atoms. The summed E-state index contributed by atoms with van der Waals surface area (Å²) in [5.74, 6) is 1.10. The van der Waals surface area contributed by atoms with E-state index < -0.39 is 36.6 Å². The third kappa shape index (κ3) is 4.82. The summed E-state index contributed by atoms with van der Waals surface area (Å²) in [5.41, 5.74) is -0.247. The number of ether oxygens (including phenoxy) is 1. The molecule has 2 saturated heterocycles. The molecule has 0 saturated carbocycles. The lowest BCUT2D eigenvalue weighted by Gasteiger charge is -2.32. The number of halogens is 2. The van der Waals surface area contributed by atoms with Gasteiger partial charge in [0.05, 0.1) is 22.4 Å². The molecule has 0 aliphatic carbocycles. The SMILES string of the molecule is CC1(C)OB(c2cc(Cl)cc(Oc3cc(Cl)cc(B4OC(C)(C)C(C)(C)O4)c3)c2)OC1(C)C. The molecule has 0 aromatic heterocycles. The molecule has 0 amide bonds. The maximum absolute atomic E-state index is 6.41. The summed E-state index contributed by atoms with van der Waals surface area (Å²) in [4.78, 5) is 0. The van der Waals surface area contributed by atoms with Crippen molar-refractivity contribution in [2.45, 2.75) is 77.8 Å². The highest BCUT2D eigenvalue weighted by molar-refractivity contribution is 6.63. The van der Waals surface area contributed by atoms with E-state index in [0.29, 0.717) is 21.5 Å². The zero-order valence-corrected chi connectivity index (χ0v) is 21.9. The largest absolute Gasteiger partial charge is 0.495 e. The van der Waals surface area contributed by atoms with Crippen LogP contribution >= 0.6 is 23.2 Å². The Morgan fingerprint density at radius 2 is 0.848 bits per heavy atom. The summed E-state index contributed by atoms with van der Waals surface area (Å²) in [7, 11) is -1.09. The molecule has 2 heterocycles. The van der Waals surface area contributed by atoms with E-state index in [9.17, 15) is 0 Å². The maximum atomic E-state index is 6.41. The van der Waals surface area contributed by atoms with Gasteiger partial charge in [0, 0.05) is 10.0 Å². The highest BCUT2D eigenvalue weighted by atomic mass is 35.5. The number of hydrogen-bond acceptors (Lipinski definition) is 5. The van der Waals surface area contributed by atoms with Gasteiger partial charge in [0.15, 0.2) is 0 Å². The number of rotatable bonds is 4. The van der Waals surface area contributed by atoms with E-state index in [0.717, 1.165) is 10.9 Å². The summed E-state index contributed by atoms with van der Waals surface area (Å²) in [6, 6.07) is 10.9. The van der Waals surface area contributed by atoms with Crippen LogP contribution in [0.15, 0.2) is 36.4 Å². The first kappa shape index (κ1) is 24.9. The van der Waals surface area contributed by atoms with Gasteiger partial charge in [0.1, 0.15) is 11.5 Å². The minimum Gasteiger partial charge on any atom is -0.457 e. The Kier molecular flexibility index (Phi) is 6.17. The minimum absolute atomic E-state index is 0.453. The molecule has 176 valence electrons. The average molecular weight is 491 g/mol. The van der Waals surface area contributed by atoms with Crippen molar-refractivity contribution in [3.05, 3.63) is 46.4 Å². The Balaban J connectivity index is 1.59. The summed E-state index contributed by atoms with van der Waals surface area (Å²) in [5, 5.41) is 1.04. The van der Waals surface area contributed by atoms with Gasteiger partial charge in [-0.1, -0.05) is 23.2 Å². The zero-order valence-electron chi connectivity index (χ0n) is 20.4. The van der Waals surface area contributed by atoms with E-state index in [1.165, 1.54) is 0 Å². The molecule has 0 atom stereocenters. The fourth-order valence-electron chi connectivity index (χ4n) is 3.65. The van der Waals surface area contributed by atoms with Gasteiger partial charge in [-0.2, -0.15) is 0 Å². The van der Waals surface area contributed by atoms with Gasteiger partial charge in [-0.3, -0.25) is 0 Å². The monoisotopic (exact) mass is 490 g/mol. The molecular formula is C24H30B2Cl2O5. The van der Waals surface area contributed by atoms with Gasteiger partial charge in [-0.05, 0) is 103 Å². The highest BCUT2D eigenvalue weighted by Gasteiger charge is 2.53. The Morgan fingerprint density at radius 1 is 0.545 bits per heavy atom. The van der Waals surface area contributed by atoms with Crippen molar-refractivity contribution in [3.8, 4) is 11.5 Å². The molecule has 4 rings (SSSR count). The van der Waals surface area contributed by atoms with E-state index in [1.54, 1.807) is 12.1 Å². The van der Waals surface area contributed by atoms with Crippen LogP contribution < -0.4 is 15.7 Å². The summed E-state index contributed by atoms with van der Waals surface area (Å²) in [6.45, 7) is 16.1. The second-order valence-corrected chi connectivity index (χ2v) is 11.6. The average Bonchev–Trinajstić information content (AvgIpc) is 3.00. The van der Waals surface area contributed by atoms with Crippen LogP contribution in [0.2, 0.25) is 10.0 Å². The Morgan fingerprint density at radius 3 is 1.15 bits per heavy atom. The minimum atomic E-state index is -0.546. The van der Waals surface area contributed by atoms with Crippen molar-refractivity contribution in [2.24, 2.45) is 0 Å². The molecule has 0 bridgehead atoms. The molecule has 2 fully saturated rings. The van der Waals surface area contributed by atoms with Crippen LogP contribution in [-0.4, -0.2) is 36.6 Å². The maximum Gasteiger partial charge on any atom is 0.495 e. The van der Waals surface area contributed by atoms with Gasteiger partial charge in [0.2, 0.25) is 0 Å². The van der Waals surface area contributed by atoms with Gasteiger partial charge in [-0.15, -0.1) is 0 Å². The van der Waals surface area contributed by atoms with Crippen molar-refractivity contribution in [3.63, 3.8) is 0 Å². The van der Waals surface area contributed by atoms with Gasteiger partial charge in [-0.25, -0.2) is 0 Å². The number of hydrogen-bond donors (Lipinski definition) is 0. The predicted molar refractivity (Wildman–Crippen MR) is 134 cm³/mol. The molecule has 2 aromatic rings. The Bertz CT molecular complexity index is 955. The first-order chi connectivity index (χ1) is 15.1. The first-order valence-corrected chi connectivity index (χ1v) is 11.8. The molecule has 5 nitrogen and oxygen atoms in total. The molecular weight excluding hydrogens is 461 g/mol. The zero-order chi connectivity index (χ0) is 24.4. The van der Waals surface area contributed by atoms with Crippen LogP contribution in [-0.2, 0) is 18.6 Å².